The third-order valence-corrected chi connectivity index (χ3v) is 6.11. The van der Waals surface area contributed by atoms with Crippen LogP contribution in [-0.2, 0) is 4.74 Å². The standard InChI is InChI=1S/C26H27FN6O2/c1-4-5-15(2)19-12-33(25-23(19)24(28)30-14-31-25)26-20(27)10-18(35-26)13-34-17-8-6-16-7-9-22(29-3)32-21(16)11-17/h4-9,11-12,14,18,20,26H,2,10,13H2,1,3H3,(H,29,32)(H2,28,30,31)/b5-4-/t18-,20-,26+/m0/s1. The molecule has 0 amide bonds. The number of hydrogen-bond acceptors (Lipinski definition) is 7. The molecular formula is C26H27FN6O2. The highest BCUT2D eigenvalue weighted by molar-refractivity contribution is 5.99. The topological polar surface area (TPSA) is 100 Å². The van der Waals surface area contributed by atoms with Crippen LogP contribution in [0.3, 0.4) is 0 Å². The summed E-state index contributed by atoms with van der Waals surface area (Å²) in [5.41, 5.74) is 8.94. The van der Waals surface area contributed by atoms with Crippen LogP contribution in [0.1, 0.15) is 25.1 Å². The molecule has 180 valence electrons. The van der Waals surface area contributed by atoms with Crippen LogP contribution >= 0.6 is 0 Å². The number of nitrogens with two attached hydrogens (primary N) is 1. The molecule has 35 heavy (non-hydrogen) atoms. The molecule has 1 aliphatic rings. The van der Waals surface area contributed by atoms with Gasteiger partial charge in [0.25, 0.3) is 0 Å². The van der Waals surface area contributed by atoms with E-state index in [9.17, 15) is 0 Å². The van der Waals surface area contributed by atoms with E-state index in [4.69, 9.17) is 15.2 Å². The van der Waals surface area contributed by atoms with Crippen LogP contribution in [0.4, 0.5) is 16.0 Å². The average molecular weight is 475 g/mol. The molecular weight excluding hydrogens is 447 g/mol. The van der Waals surface area contributed by atoms with E-state index in [1.54, 1.807) is 10.8 Å². The number of alkyl halides is 1. The van der Waals surface area contributed by atoms with Crippen molar-refractivity contribution in [3.05, 3.63) is 67.2 Å². The lowest BCUT2D eigenvalue weighted by molar-refractivity contribution is -0.0310. The summed E-state index contributed by atoms with van der Waals surface area (Å²) in [7, 11) is 1.82. The normalized spacial score (nSPS) is 20.1. The van der Waals surface area contributed by atoms with Gasteiger partial charge in [0.15, 0.2) is 6.23 Å². The second-order valence-corrected chi connectivity index (χ2v) is 8.45. The van der Waals surface area contributed by atoms with Crippen molar-refractivity contribution in [2.24, 2.45) is 0 Å². The van der Waals surface area contributed by atoms with Gasteiger partial charge in [0.05, 0.1) is 17.0 Å². The minimum absolute atomic E-state index is 0.200. The summed E-state index contributed by atoms with van der Waals surface area (Å²) in [5.74, 6) is 1.74. The van der Waals surface area contributed by atoms with Gasteiger partial charge in [-0.15, -0.1) is 0 Å². The minimum atomic E-state index is -1.24. The number of rotatable bonds is 7. The smallest absolute Gasteiger partial charge is 0.167 e. The average Bonchev–Trinajstić information content (AvgIpc) is 3.43. The fraction of sp³-hybridized carbons (Fsp3) is 0.269. The molecule has 0 unspecified atom stereocenters. The number of nitrogen functional groups attached to an aromatic ring is 1. The molecule has 9 heteroatoms. The molecule has 1 fully saturated rings. The molecule has 4 aromatic rings. The van der Waals surface area contributed by atoms with Crippen molar-refractivity contribution in [3.63, 3.8) is 0 Å². The zero-order valence-electron chi connectivity index (χ0n) is 19.6. The number of pyridine rings is 1. The van der Waals surface area contributed by atoms with Crippen molar-refractivity contribution in [2.45, 2.75) is 31.8 Å². The SMILES string of the molecule is C=C(/C=C\C)c1cn([C@@H]2O[C@H](COc3ccc4ccc(NC)nc4c3)C[C@@H]2F)c2ncnc(N)c12. The summed E-state index contributed by atoms with van der Waals surface area (Å²) in [5, 5.41) is 4.67. The molecule has 0 aliphatic carbocycles. The first kappa shape index (κ1) is 22.8. The summed E-state index contributed by atoms with van der Waals surface area (Å²) in [6.45, 7) is 6.21. The third-order valence-electron chi connectivity index (χ3n) is 6.11. The molecule has 1 saturated heterocycles. The van der Waals surface area contributed by atoms with E-state index in [2.05, 4.69) is 26.8 Å². The van der Waals surface area contributed by atoms with Crippen molar-refractivity contribution in [2.75, 3.05) is 24.7 Å². The molecule has 3 aromatic heterocycles. The molecule has 0 spiro atoms. The van der Waals surface area contributed by atoms with Gasteiger partial charge in [-0.1, -0.05) is 18.7 Å². The number of hydrogen-bond donors (Lipinski definition) is 2. The number of nitrogens with zero attached hydrogens (tertiary/aromatic N) is 4. The highest BCUT2D eigenvalue weighted by Crippen LogP contribution is 2.38. The molecule has 1 aromatic carbocycles. The Balaban J connectivity index is 1.36. The molecule has 0 saturated carbocycles. The Morgan fingerprint density at radius 3 is 2.97 bits per heavy atom. The van der Waals surface area contributed by atoms with E-state index < -0.39 is 18.5 Å². The maximum Gasteiger partial charge on any atom is 0.167 e. The Kier molecular flexibility index (Phi) is 6.08. The largest absolute Gasteiger partial charge is 0.491 e. The van der Waals surface area contributed by atoms with Crippen LogP contribution in [0.2, 0.25) is 0 Å². The first-order valence-corrected chi connectivity index (χ1v) is 11.4. The third kappa shape index (κ3) is 4.30. The number of ether oxygens (including phenoxy) is 2. The summed E-state index contributed by atoms with van der Waals surface area (Å²) in [4.78, 5) is 13.0. The Morgan fingerprint density at radius 2 is 2.17 bits per heavy atom. The van der Waals surface area contributed by atoms with Crippen LogP contribution < -0.4 is 15.8 Å². The van der Waals surface area contributed by atoms with Gasteiger partial charge in [0, 0.05) is 36.7 Å². The van der Waals surface area contributed by atoms with E-state index in [0.29, 0.717) is 22.6 Å². The minimum Gasteiger partial charge on any atom is -0.491 e. The quantitative estimate of drug-likeness (QED) is 0.368. The fourth-order valence-electron chi connectivity index (χ4n) is 4.40. The van der Waals surface area contributed by atoms with Gasteiger partial charge in [0.1, 0.15) is 42.1 Å². The Morgan fingerprint density at radius 1 is 1.34 bits per heavy atom. The maximum atomic E-state index is 15.2. The number of nitrogens with one attached hydrogen (secondary N) is 1. The van der Waals surface area contributed by atoms with Crippen LogP contribution in [-0.4, -0.2) is 45.4 Å². The van der Waals surface area contributed by atoms with Gasteiger partial charge >= 0.3 is 0 Å². The zero-order chi connectivity index (χ0) is 24.5. The summed E-state index contributed by atoms with van der Waals surface area (Å²) >= 11 is 0. The Hall–Kier alpha value is -3.98. The van der Waals surface area contributed by atoms with Crippen LogP contribution in [0, 0.1) is 0 Å². The number of benzene rings is 1. The van der Waals surface area contributed by atoms with Crippen molar-refractivity contribution in [1.82, 2.24) is 19.5 Å². The molecule has 4 heterocycles. The molecule has 1 aliphatic heterocycles. The summed E-state index contributed by atoms with van der Waals surface area (Å²) < 4.78 is 28.9. The van der Waals surface area contributed by atoms with E-state index in [-0.39, 0.29) is 13.0 Å². The van der Waals surface area contributed by atoms with Gasteiger partial charge in [-0.2, -0.15) is 0 Å². The highest BCUT2D eigenvalue weighted by Gasteiger charge is 2.38. The number of halogens is 1. The molecule has 8 nitrogen and oxygen atoms in total. The second-order valence-electron chi connectivity index (χ2n) is 8.45. The van der Waals surface area contributed by atoms with E-state index in [1.807, 2.05) is 56.5 Å². The summed E-state index contributed by atoms with van der Waals surface area (Å²) in [6, 6.07) is 9.60. The first-order valence-electron chi connectivity index (χ1n) is 11.4. The first-order chi connectivity index (χ1) is 17.0. The monoisotopic (exact) mass is 474 g/mol. The number of allylic oxidation sites excluding steroid dienone is 3. The van der Waals surface area contributed by atoms with Gasteiger partial charge in [-0.25, -0.2) is 19.3 Å². The molecule has 0 radical (unpaired) electrons. The van der Waals surface area contributed by atoms with Crippen molar-refractivity contribution < 1.29 is 13.9 Å². The van der Waals surface area contributed by atoms with Crippen molar-refractivity contribution in [3.8, 4) is 5.75 Å². The van der Waals surface area contributed by atoms with Gasteiger partial charge in [-0.3, -0.25) is 0 Å². The zero-order valence-corrected chi connectivity index (χ0v) is 19.6. The van der Waals surface area contributed by atoms with E-state index in [1.165, 1.54) is 6.33 Å². The number of fused-ring (bicyclic) bond motifs is 2. The highest BCUT2D eigenvalue weighted by atomic mass is 19.1. The lowest BCUT2D eigenvalue weighted by atomic mass is 10.1. The molecule has 0 bridgehead atoms. The number of aromatic nitrogens is 4. The van der Waals surface area contributed by atoms with Crippen molar-refractivity contribution in [1.29, 1.82) is 0 Å². The molecule has 5 rings (SSSR count). The van der Waals surface area contributed by atoms with Crippen LogP contribution in [0.5, 0.6) is 5.75 Å². The lowest BCUT2D eigenvalue weighted by Crippen LogP contribution is -2.19. The van der Waals surface area contributed by atoms with Crippen LogP contribution in [0.15, 0.2) is 61.6 Å². The van der Waals surface area contributed by atoms with E-state index in [0.717, 1.165) is 27.9 Å². The number of anilines is 2. The maximum absolute atomic E-state index is 15.2. The lowest BCUT2D eigenvalue weighted by Gasteiger charge is -2.17. The van der Waals surface area contributed by atoms with Crippen molar-refractivity contribution >= 4 is 39.1 Å². The van der Waals surface area contributed by atoms with E-state index >= 15 is 4.39 Å². The fourth-order valence-corrected chi connectivity index (χ4v) is 4.40. The molecule has 3 N–H and O–H groups in total. The predicted octanol–water partition coefficient (Wildman–Crippen LogP) is 4.90. The Bertz CT molecular complexity index is 1430. The molecule has 3 atom stereocenters. The van der Waals surface area contributed by atoms with Crippen LogP contribution in [0.25, 0.3) is 27.5 Å². The van der Waals surface area contributed by atoms with Gasteiger partial charge in [-0.05, 0) is 36.8 Å². The van der Waals surface area contributed by atoms with Gasteiger partial charge in [0.2, 0.25) is 0 Å². The predicted molar refractivity (Wildman–Crippen MR) is 136 cm³/mol. The second kappa shape index (κ2) is 9.34. The van der Waals surface area contributed by atoms with Gasteiger partial charge < -0.3 is 25.1 Å². The Labute approximate surface area is 202 Å². The summed E-state index contributed by atoms with van der Waals surface area (Å²) in [6.07, 6.45) is 4.57.